The first-order valence-electron chi connectivity index (χ1n) is 14.9. The molecule has 42 heavy (non-hydrogen) atoms. The van der Waals surface area contributed by atoms with Gasteiger partial charge in [0.2, 0.25) is 0 Å². The van der Waals surface area contributed by atoms with E-state index in [2.05, 4.69) is 69.5 Å². The molecule has 1 amide bonds. The number of nitrogens with one attached hydrogen (secondary N) is 2. The summed E-state index contributed by atoms with van der Waals surface area (Å²) in [6, 6.07) is 12.0. The predicted molar refractivity (Wildman–Crippen MR) is 170 cm³/mol. The van der Waals surface area contributed by atoms with E-state index in [1.807, 2.05) is 39.8 Å². The van der Waals surface area contributed by atoms with Crippen molar-refractivity contribution < 1.29 is 14.3 Å². The minimum atomic E-state index is -0.459. The first-order valence-corrected chi connectivity index (χ1v) is 14.9. The molecule has 2 aliphatic rings. The average molecular weight is 570 g/mol. The maximum Gasteiger partial charge on any atom is 0.413 e. The van der Waals surface area contributed by atoms with Gasteiger partial charge in [0.05, 0.1) is 11.2 Å². The highest BCUT2D eigenvalue weighted by molar-refractivity contribution is 5.91. The van der Waals surface area contributed by atoms with Gasteiger partial charge in [-0.1, -0.05) is 42.9 Å². The third-order valence-electron chi connectivity index (χ3n) is 7.61. The number of nitrogens with zero attached hydrogens (tertiary/aromatic N) is 3. The van der Waals surface area contributed by atoms with E-state index in [1.165, 1.54) is 11.3 Å². The lowest BCUT2D eigenvalue weighted by Gasteiger charge is -2.36. The van der Waals surface area contributed by atoms with E-state index in [9.17, 15) is 4.79 Å². The maximum absolute atomic E-state index is 12.1. The number of hydrogen-bond donors (Lipinski definition) is 2. The molecule has 222 valence electrons. The van der Waals surface area contributed by atoms with Crippen molar-refractivity contribution >= 4 is 28.4 Å². The summed E-state index contributed by atoms with van der Waals surface area (Å²) in [4.78, 5) is 25.6. The Kier molecular flexibility index (Phi) is 9.02. The second-order valence-corrected chi connectivity index (χ2v) is 12.0. The smallest absolute Gasteiger partial charge is 0.413 e. The van der Waals surface area contributed by atoms with E-state index >= 15 is 0 Å². The van der Waals surface area contributed by atoms with Gasteiger partial charge in [-0.2, -0.15) is 0 Å². The van der Waals surface area contributed by atoms with Gasteiger partial charge in [0.15, 0.2) is 0 Å². The van der Waals surface area contributed by atoms with Crippen LogP contribution in [0.2, 0.25) is 0 Å². The number of carbonyl (C=O) groups is 1. The van der Waals surface area contributed by atoms with Crippen LogP contribution in [0.15, 0.2) is 66.3 Å². The Morgan fingerprint density at radius 2 is 1.90 bits per heavy atom. The summed E-state index contributed by atoms with van der Waals surface area (Å²) < 4.78 is 11.5. The van der Waals surface area contributed by atoms with Crippen LogP contribution in [0.1, 0.15) is 51.9 Å². The molecule has 2 aromatic carbocycles. The Balaban J connectivity index is 1.13. The van der Waals surface area contributed by atoms with Gasteiger partial charge in [-0.3, -0.25) is 4.90 Å². The number of hydrogen-bond acceptors (Lipinski definition) is 6. The van der Waals surface area contributed by atoms with E-state index in [-0.39, 0.29) is 5.54 Å². The first-order chi connectivity index (χ1) is 20.2. The summed E-state index contributed by atoms with van der Waals surface area (Å²) in [6.45, 7) is 15.1. The highest BCUT2D eigenvalue weighted by Crippen LogP contribution is 2.29. The normalized spacial score (nSPS) is 16.2. The molecule has 2 N–H and O–H groups in total. The molecule has 0 unspecified atom stereocenters. The number of aryl methyl sites for hydroxylation is 1. The van der Waals surface area contributed by atoms with E-state index in [0.717, 1.165) is 79.3 Å². The molecule has 2 heterocycles. The van der Waals surface area contributed by atoms with Crippen LogP contribution >= 0.6 is 0 Å². The lowest BCUT2D eigenvalue weighted by Crippen LogP contribution is -2.47. The third-order valence-corrected chi connectivity index (χ3v) is 7.61. The number of benzene rings is 2. The van der Waals surface area contributed by atoms with Gasteiger partial charge < -0.3 is 24.7 Å². The summed E-state index contributed by atoms with van der Waals surface area (Å²) >= 11 is 0. The molecule has 3 aromatic rings. The van der Waals surface area contributed by atoms with Crippen LogP contribution in [0.25, 0.3) is 16.6 Å². The molecule has 0 bridgehead atoms. The van der Waals surface area contributed by atoms with Crippen LogP contribution in [0.5, 0.6) is 11.5 Å². The molecule has 0 saturated carbocycles. The van der Waals surface area contributed by atoms with Crippen molar-refractivity contribution in [1.29, 1.82) is 0 Å². The second kappa shape index (κ2) is 12.9. The Hall–Kier alpha value is -4.04. The zero-order chi connectivity index (χ0) is 29.7. The fourth-order valence-electron chi connectivity index (χ4n) is 5.26. The molecule has 1 aromatic heterocycles. The predicted octanol–water partition coefficient (Wildman–Crippen LogP) is 6.64. The van der Waals surface area contributed by atoms with Gasteiger partial charge in [0.25, 0.3) is 0 Å². The molecule has 5 rings (SSSR count). The maximum atomic E-state index is 12.1. The van der Waals surface area contributed by atoms with Crippen molar-refractivity contribution in [1.82, 2.24) is 20.2 Å². The number of piperazine rings is 1. The number of allylic oxidation sites excluding steroid dienone is 6. The van der Waals surface area contributed by atoms with Crippen molar-refractivity contribution in [3.63, 3.8) is 0 Å². The standard InChI is InChI=1S/C34H43N5O3/c1-6-25-9-7-10-26(14-13-25)32-35-28-11-8-12-29(31(28)36-32)39-19-17-38(18-20-39)21-22-41-27-15-16-30(24(2)23-27)42-33(40)37-34(3,4)5/h7-8,10-16,23H,6,9,17-22H2,1-5H3,(H,35,36)(H,37,40). The minimum Gasteiger partial charge on any atom is -0.492 e. The molecular formula is C34H43N5O3. The quantitative estimate of drug-likeness (QED) is 0.317. The van der Waals surface area contributed by atoms with Crippen LogP contribution < -0.4 is 19.7 Å². The second-order valence-electron chi connectivity index (χ2n) is 12.0. The zero-order valence-corrected chi connectivity index (χ0v) is 25.5. The molecule has 8 nitrogen and oxygen atoms in total. The fraction of sp³-hybridized carbons (Fsp3) is 0.412. The minimum absolute atomic E-state index is 0.351. The molecular weight excluding hydrogens is 526 g/mol. The van der Waals surface area contributed by atoms with Gasteiger partial charge in [0.1, 0.15) is 29.4 Å². The number of aromatic nitrogens is 2. The van der Waals surface area contributed by atoms with Crippen LogP contribution in [0, 0.1) is 6.92 Å². The Morgan fingerprint density at radius 1 is 1.10 bits per heavy atom. The number of anilines is 1. The number of rotatable bonds is 8. The van der Waals surface area contributed by atoms with Crippen LogP contribution in [-0.2, 0) is 0 Å². The molecule has 0 atom stereocenters. The zero-order valence-electron chi connectivity index (χ0n) is 25.5. The van der Waals surface area contributed by atoms with Gasteiger partial charge in [-0.25, -0.2) is 9.78 Å². The number of fused-ring (bicyclic) bond motifs is 1. The molecule has 8 heteroatoms. The Morgan fingerprint density at radius 3 is 2.64 bits per heavy atom. The Bertz CT molecular complexity index is 1500. The van der Waals surface area contributed by atoms with Crippen LogP contribution in [0.4, 0.5) is 10.5 Å². The number of aromatic amines is 1. The van der Waals surface area contributed by atoms with Gasteiger partial charge in [0, 0.05) is 43.8 Å². The molecule has 1 fully saturated rings. The van der Waals surface area contributed by atoms with Crippen molar-refractivity contribution in [3.8, 4) is 11.5 Å². The van der Waals surface area contributed by atoms with Crippen LogP contribution in [-0.4, -0.2) is 65.8 Å². The molecule has 1 saturated heterocycles. The van der Waals surface area contributed by atoms with Gasteiger partial charge in [-0.05, 0) is 76.4 Å². The van der Waals surface area contributed by atoms with Crippen molar-refractivity contribution in [2.75, 3.05) is 44.2 Å². The summed E-state index contributed by atoms with van der Waals surface area (Å²) in [5.74, 6) is 2.22. The summed E-state index contributed by atoms with van der Waals surface area (Å²) in [5, 5.41) is 2.81. The number of imidazole rings is 1. The average Bonchev–Trinajstić information content (AvgIpc) is 3.24. The number of amides is 1. The first kappa shape index (κ1) is 29.5. The van der Waals surface area contributed by atoms with Crippen molar-refractivity contribution in [3.05, 3.63) is 77.7 Å². The molecule has 1 aliphatic carbocycles. The molecule has 0 radical (unpaired) electrons. The summed E-state index contributed by atoms with van der Waals surface area (Å²) in [5.41, 5.74) is 6.34. The SMILES string of the molecule is CCC1=CC=C(c2nc3c(N4CCN(CCOc5ccc(OC(=O)NC(C)(C)C)c(C)c5)CC4)cccc3[nH]2)C=CC1. The van der Waals surface area contributed by atoms with Gasteiger partial charge >= 0.3 is 6.09 Å². The molecule has 0 spiro atoms. The van der Waals surface area contributed by atoms with E-state index in [0.29, 0.717) is 12.4 Å². The third kappa shape index (κ3) is 7.42. The lowest BCUT2D eigenvalue weighted by molar-refractivity contribution is 0.190. The van der Waals surface area contributed by atoms with Crippen molar-refractivity contribution in [2.24, 2.45) is 0 Å². The number of H-pyrrole nitrogens is 1. The summed E-state index contributed by atoms with van der Waals surface area (Å²) in [7, 11) is 0. The number of carbonyl (C=O) groups excluding carboxylic acids is 1. The largest absolute Gasteiger partial charge is 0.492 e. The highest BCUT2D eigenvalue weighted by atomic mass is 16.6. The summed E-state index contributed by atoms with van der Waals surface area (Å²) in [6.07, 6.45) is 10.4. The Labute approximate surface area is 249 Å². The monoisotopic (exact) mass is 569 g/mol. The van der Waals surface area contributed by atoms with E-state index < -0.39 is 6.09 Å². The number of para-hydroxylation sites is 1. The lowest BCUT2D eigenvalue weighted by atomic mass is 10.1. The number of ether oxygens (including phenoxy) is 2. The van der Waals surface area contributed by atoms with E-state index in [4.69, 9.17) is 14.5 Å². The topological polar surface area (TPSA) is 82.7 Å². The van der Waals surface area contributed by atoms with Crippen molar-refractivity contribution in [2.45, 2.75) is 53.0 Å². The fourth-order valence-corrected chi connectivity index (χ4v) is 5.26. The van der Waals surface area contributed by atoms with Gasteiger partial charge in [-0.15, -0.1) is 0 Å². The molecule has 1 aliphatic heterocycles. The highest BCUT2D eigenvalue weighted by Gasteiger charge is 2.21. The van der Waals surface area contributed by atoms with Crippen LogP contribution in [0.3, 0.4) is 0 Å². The van der Waals surface area contributed by atoms with E-state index in [1.54, 1.807) is 6.07 Å².